The molecular weight excluding hydrogens is 460 g/mol. The Labute approximate surface area is 220 Å². The summed E-state index contributed by atoms with van der Waals surface area (Å²) in [7, 11) is 0. The molecule has 0 aliphatic carbocycles. The van der Waals surface area contributed by atoms with Gasteiger partial charge in [0.1, 0.15) is 11.2 Å². The number of fused-ring (bicyclic) bond motifs is 8. The van der Waals surface area contributed by atoms with Crippen molar-refractivity contribution in [2.45, 2.75) is 6.92 Å². The van der Waals surface area contributed by atoms with Crippen molar-refractivity contribution in [1.82, 2.24) is 0 Å². The van der Waals surface area contributed by atoms with Crippen LogP contribution in [0.25, 0.3) is 76.5 Å². The van der Waals surface area contributed by atoms with Gasteiger partial charge in [0.05, 0.1) is 0 Å². The number of hydrogen-bond donors (Lipinski definition) is 0. The van der Waals surface area contributed by atoms with E-state index in [4.69, 9.17) is 4.42 Å². The minimum atomic E-state index is 0.955. The van der Waals surface area contributed by atoms with Crippen molar-refractivity contribution in [3.63, 3.8) is 0 Å². The molecule has 0 unspecified atom stereocenters. The van der Waals surface area contributed by atoms with E-state index in [-0.39, 0.29) is 0 Å². The quantitative estimate of drug-likeness (QED) is 0.222. The van der Waals surface area contributed by atoms with Gasteiger partial charge < -0.3 is 4.42 Å². The van der Waals surface area contributed by atoms with Crippen LogP contribution in [0, 0.1) is 6.92 Å². The standard InChI is InChI=1S/C37H24O/c1-23-9-8-16-32-35-29-13-5-3-11-27(29)22-34(37(35)38-36(23)32)25-19-17-24(18-20-25)33-21-26-10-2-4-12-28(26)30-14-6-7-15-31(30)33/h2-22H,1H3. The summed E-state index contributed by atoms with van der Waals surface area (Å²) in [5.74, 6) is 0. The van der Waals surface area contributed by atoms with Crippen LogP contribution < -0.4 is 0 Å². The van der Waals surface area contributed by atoms with Crippen molar-refractivity contribution in [3.05, 3.63) is 133 Å². The molecule has 0 saturated carbocycles. The molecule has 0 spiro atoms. The van der Waals surface area contributed by atoms with Crippen LogP contribution in [0.3, 0.4) is 0 Å². The molecule has 1 aromatic heterocycles. The highest BCUT2D eigenvalue weighted by Gasteiger charge is 2.17. The third kappa shape index (κ3) is 3.06. The first-order chi connectivity index (χ1) is 18.8. The van der Waals surface area contributed by atoms with Crippen molar-refractivity contribution in [2.75, 3.05) is 0 Å². The lowest BCUT2D eigenvalue weighted by molar-refractivity contribution is 0.667. The van der Waals surface area contributed by atoms with Gasteiger partial charge in [0, 0.05) is 16.3 Å². The molecule has 8 rings (SSSR count). The average molecular weight is 485 g/mol. The number of rotatable bonds is 2. The molecule has 7 aromatic carbocycles. The van der Waals surface area contributed by atoms with Gasteiger partial charge in [0.2, 0.25) is 0 Å². The summed E-state index contributed by atoms with van der Waals surface area (Å²) in [6, 6.07) is 46.0. The largest absolute Gasteiger partial charge is 0.455 e. The molecule has 1 heterocycles. The van der Waals surface area contributed by atoms with Crippen molar-refractivity contribution in [3.8, 4) is 22.3 Å². The molecule has 8 aromatic rings. The fraction of sp³-hybridized carbons (Fsp3) is 0.0270. The van der Waals surface area contributed by atoms with Crippen LogP contribution >= 0.6 is 0 Å². The van der Waals surface area contributed by atoms with Crippen LogP contribution in [0.4, 0.5) is 0 Å². The van der Waals surface area contributed by atoms with Gasteiger partial charge in [0.15, 0.2) is 0 Å². The molecular formula is C37H24O. The van der Waals surface area contributed by atoms with E-state index in [2.05, 4.69) is 134 Å². The van der Waals surface area contributed by atoms with Crippen molar-refractivity contribution in [2.24, 2.45) is 0 Å². The van der Waals surface area contributed by atoms with Crippen LogP contribution in [0.1, 0.15) is 5.56 Å². The molecule has 38 heavy (non-hydrogen) atoms. The predicted molar refractivity (Wildman–Crippen MR) is 162 cm³/mol. The van der Waals surface area contributed by atoms with Gasteiger partial charge >= 0.3 is 0 Å². The van der Waals surface area contributed by atoms with Crippen LogP contribution in [0.15, 0.2) is 132 Å². The lowest BCUT2D eigenvalue weighted by Gasteiger charge is -2.12. The topological polar surface area (TPSA) is 13.1 Å². The highest BCUT2D eigenvalue weighted by molar-refractivity contribution is 6.23. The number of hydrogen-bond acceptors (Lipinski definition) is 1. The first-order valence-corrected chi connectivity index (χ1v) is 13.1. The van der Waals surface area contributed by atoms with Gasteiger partial charge in [0.25, 0.3) is 0 Å². The zero-order chi connectivity index (χ0) is 25.2. The molecule has 0 aliphatic heterocycles. The molecule has 1 heteroatoms. The molecule has 0 amide bonds. The SMILES string of the molecule is Cc1cccc2c1oc1c(-c3ccc(-c4cc5ccccc5c5ccccc45)cc3)cc3ccccc3c12. The lowest BCUT2D eigenvalue weighted by Crippen LogP contribution is -1.86. The van der Waals surface area contributed by atoms with E-state index in [0.29, 0.717) is 0 Å². The highest BCUT2D eigenvalue weighted by atomic mass is 16.3. The summed E-state index contributed by atoms with van der Waals surface area (Å²) in [4.78, 5) is 0. The second-order valence-electron chi connectivity index (χ2n) is 10.2. The first-order valence-electron chi connectivity index (χ1n) is 13.1. The van der Waals surface area contributed by atoms with E-state index in [1.54, 1.807) is 0 Å². The molecule has 1 nitrogen and oxygen atoms in total. The number of benzene rings is 7. The number of aryl methyl sites for hydroxylation is 1. The van der Waals surface area contributed by atoms with Crippen LogP contribution in [0.5, 0.6) is 0 Å². The Balaban J connectivity index is 1.36. The van der Waals surface area contributed by atoms with E-state index in [1.807, 2.05) is 0 Å². The van der Waals surface area contributed by atoms with Gasteiger partial charge in [-0.2, -0.15) is 0 Å². The molecule has 0 radical (unpaired) electrons. The van der Waals surface area contributed by atoms with Crippen LogP contribution in [-0.2, 0) is 0 Å². The summed E-state index contributed by atoms with van der Waals surface area (Å²) in [5.41, 5.74) is 7.85. The fourth-order valence-electron chi connectivity index (χ4n) is 6.13. The Kier molecular flexibility index (Phi) is 4.50. The van der Waals surface area contributed by atoms with Crippen molar-refractivity contribution in [1.29, 1.82) is 0 Å². The van der Waals surface area contributed by atoms with E-state index < -0.39 is 0 Å². The Bertz CT molecular complexity index is 2180. The maximum atomic E-state index is 6.60. The van der Waals surface area contributed by atoms with E-state index in [0.717, 1.165) is 27.9 Å². The Morgan fingerprint density at radius 2 is 0.974 bits per heavy atom. The van der Waals surface area contributed by atoms with Crippen LogP contribution in [-0.4, -0.2) is 0 Å². The molecule has 0 bridgehead atoms. The number of para-hydroxylation sites is 1. The summed E-state index contributed by atoms with van der Waals surface area (Å²) >= 11 is 0. The van der Waals surface area contributed by atoms with Gasteiger partial charge in [-0.25, -0.2) is 0 Å². The summed E-state index contributed by atoms with van der Waals surface area (Å²) in [6.07, 6.45) is 0. The van der Waals surface area contributed by atoms with Gasteiger partial charge in [-0.3, -0.25) is 0 Å². The molecule has 178 valence electrons. The minimum Gasteiger partial charge on any atom is -0.455 e. The van der Waals surface area contributed by atoms with Gasteiger partial charge in [-0.1, -0.05) is 115 Å². The second kappa shape index (κ2) is 8.06. The monoisotopic (exact) mass is 484 g/mol. The van der Waals surface area contributed by atoms with Crippen LogP contribution in [0.2, 0.25) is 0 Å². The smallest absolute Gasteiger partial charge is 0.143 e. The molecule has 0 saturated heterocycles. The fourth-order valence-corrected chi connectivity index (χ4v) is 6.13. The Morgan fingerprint density at radius 3 is 1.74 bits per heavy atom. The Morgan fingerprint density at radius 1 is 0.421 bits per heavy atom. The first kappa shape index (κ1) is 21.2. The third-order valence-electron chi connectivity index (χ3n) is 7.96. The van der Waals surface area contributed by atoms with E-state index in [1.165, 1.54) is 54.2 Å². The second-order valence-corrected chi connectivity index (χ2v) is 10.2. The van der Waals surface area contributed by atoms with E-state index in [9.17, 15) is 0 Å². The highest BCUT2D eigenvalue weighted by Crippen LogP contribution is 2.42. The maximum absolute atomic E-state index is 6.60. The third-order valence-corrected chi connectivity index (χ3v) is 7.96. The number of furan rings is 1. The van der Waals surface area contributed by atoms with Gasteiger partial charge in [-0.15, -0.1) is 0 Å². The van der Waals surface area contributed by atoms with E-state index >= 15 is 0 Å². The summed E-state index contributed by atoms with van der Waals surface area (Å²) < 4.78 is 6.60. The van der Waals surface area contributed by atoms with Gasteiger partial charge in [-0.05, 0) is 73.6 Å². The zero-order valence-electron chi connectivity index (χ0n) is 21.0. The lowest BCUT2D eigenvalue weighted by atomic mass is 9.91. The average Bonchev–Trinajstić information content (AvgIpc) is 3.38. The summed E-state index contributed by atoms with van der Waals surface area (Å²) in [6.45, 7) is 2.12. The zero-order valence-corrected chi connectivity index (χ0v) is 21.0. The maximum Gasteiger partial charge on any atom is 0.143 e. The summed E-state index contributed by atoms with van der Waals surface area (Å²) in [5, 5.41) is 9.96. The molecule has 0 fully saturated rings. The minimum absolute atomic E-state index is 0.955. The normalized spacial score (nSPS) is 11.8. The Hall–Kier alpha value is -4.88. The van der Waals surface area contributed by atoms with Crippen molar-refractivity contribution < 1.29 is 4.42 Å². The predicted octanol–water partition coefficient (Wildman–Crippen LogP) is 10.7. The molecule has 0 N–H and O–H groups in total. The molecule has 0 aliphatic rings. The van der Waals surface area contributed by atoms with Crippen molar-refractivity contribution >= 4 is 54.3 Å². The molecule has 0 atom stereocenters.